The van der Waals surface area contributed by atoms with Gasteiger partial charge in [-0.15, -0.1) is 11.8 Å². The van der Waals surface area contributed by atoms with Gasteiger partial charge in [-0.2, -0.15) is 0 Å². The van der Waals surface area contributed by atoms with E-state index in [-0.39, 0.29) is 23.2 Å². The molecule has 23 heavy (non-hydrogen) atoms. The van der Waals surface area contributed by atoms with Crippen LogP contribution in [0.4, 0.5) is 5.69 Å². The number of non-ortho nitro benzene ring substituents is 1. The Kier molecular flexibility index (Phi) is 5.59. The molecule has 2 rings (SSSR count). The lowest BCUT2D eigenvalue weighted by atomic mass is 10.1. The summed E-state index contributed by atoms with van der Waals surface area (Å²) in [5.74, 6) is -0.933. The van der Waals surface area contributed by atoms with E-state index in [1.54, 1.807) is 6.07 Å². The van der Waals surface area contributed by atoms with Crippen LogP contribution in [0, 0.1) is 16.0 Å². The number of rotatable bonds is 6. The molecular formula is C15H18N2O5S. The molecule has 1 aromatic carbocycles. The molecule has 1 aliphatic rings. The van der Waals surface area contributed by atoms with Gasteiger partial charge in [0.05, 0.1) is 16.4 Å². The fourth-order valence-electron chi connectivity index (χ4n) is 2.69. The van der Waals surface area contributed by atoms with E-state index in [0.717, 1.165) is 5.75 Å². The first kappa shape index (κ1) is 17.3. The Hall–Kier alpha value is -2.09. The van der Waals surface area contributed by atoms with Crippen LogP contribution < -0.4 is 5.32 Å². The second-order valence-corrected chi connectivity index (χ2v) is 6.70. The predicted octanol–water partition coefficient (Wildman–Crippen LogP) is 2.69. The first-order valence-corrected chi connectivity index (χ1v) is 8.35. The highest BCUT2D eigenvalue weighted by molar-refractivity contribution is 7.99. The lowest BCUT2D eigenvalue weighted by Gasteiger charge is -2.14. The molecule has 0 spiro atoms. The largest absolute Gasteiger partial charge is 0.481 e. The fourth-order valence-corrected chi connectivity index (χ4v) is 3.47. The van der Waals surface area contributed by atoms with Crippen LogP contribution in [0.2, 0.25) is 0 Å². The molecule has 0 aromatic heterocycles. The molecule has 1 aromatic rings. The van der Waals surface area contributed by atoms with E-state index in [2.05, 4.69) is 5.32 Å². The molecule has 0 aliphatic heterocycles. The Morgan fingerprint density at radius 1 is 1.43 bits per heavy atom. The number of hydrogen-bond donors (Lipinski definition) is 2. The summed E-state index contributed by atoms with van der Waals surface area (Å²) in [6.07, 6.45) is 1.53. The number of nitrogens with zero attached hydrogens (tertiary/aromatic N) is 1. The van der Waals surface area contributed by atoms with Crippen molar-refractivity contribution in [3.63, 3.8) is 0 Å². The predicted molar refractivity (Wildman–Crippen MR) is 85.7 cm³/mol. The molecule has 1 saturated carbocycles. The second kappa shape index (κ2) is 7.45. The number of nitro benzene ring substituents is 1. The molecule has 0 unspecified atom stereocenters. The van der Waals surface area contributed by atoms with Gasteiger partial charge in [0.1, 0.15) is 0 Å². The van der Waals surface area contributed by atoms with E-state index >= 15 is 0 Å². The van der Waals surface area contributed by atoms with E-state index in [1.807, 2.05) is 6.92 Å². The number of carbonyl (C=O) groups is 2. The number of carbonyl (C=O) groups excluding carboxylic acids is 1. The van der Waals surface area contributed by atoms with Crippen LogP contribution in [-0.2, 0) is 4.79 Å². The molecule has 7 nitrogen and oxygen atoms in total. The third-order valence-electron chi connectivity index (χ3n) is 3.84. The van der Waals surface area contributed by atoms with Gasteiger partial charge in [-0.3, -0.25) is 19.7 Å². The molecule has 1 aliphatic carbocycles. The maximum absolute atomic E-state index is 12.5. The summed E-state index contributed by atoms with van der Waals surface area (Å²) in [4.78, 5) is 34.5. The molecule has 1 amide bonds. The van der Waals surface area contributed by atoms with Crippen molar-refractivity contribution in [2.75, 3.05) is 5.75 Å². The SMILES string of the molecule is CCSc1ccc([N+](=O)[O-])cc1C(=O)N[C@H]1CC[C@@H](C(=O)O)C1. The first-order chi connectivity index (χ1) is 10.9. The topological polar surface area (TPSA) is 110 Å². The number of aliphatic carboxylic acids is 1. The van der Waals surface area contributed by atoms with Crippen LogP contribution in [0.25, 0.3) is 0 Å². The van der Waals surface area contributed by atoms with Gasteiger partial charge in [0.25, 0.3) is 11.6 Å². The van der Waals surface area contributed by atoms with Crippen molar-refractivity contribution >= 4 is 29.3 Å². The Bertz CT molecular complexity index is 634. The maximum Gasteiger partial charge on any atom is 0.306 e. The van der Waals surface area contributed by atoms with Crippen LogP contribution in [0.1, 0.15) is 36.5 Å². The lowest BCUT2D eigenvalue weighted by Crippen LogP contribution is -2.33. The van der Waals surface area contributed by atoms with Gasteiger partial charge in [0.15, 0.2) is 0 Å². The number of benzene rings is 1. The number of nitrogens with one attached hydrogen (secondary N) is 1. The molecular weight excluding hydrogens is 320 g/mol. The summed E-state index contributed by atoms with van der Waals surface area (Å²) in [6, 6.07) is 4.03. The summed E-state index contributed by atoms with van der Waals surface area (Å²) < 4.78 is 0. The van der Waals surface area contributed by atoms with Crippen molar-refractivity contribution < 1.29 is 19.6 Å². The Balaban J connectivity index is 2.15. The quantitative estimate of drug-likeness (QED) is 0.469. The number of hydrogen-bond acceptors (Lipinski definition) is 5. The summed E-state index contributed by atoms with van der Waals surface area (Å²) in [7, 11) is 0. The van der Waals surface area contributed by atoms with Crippen molar-refractivity contribution in [1.82, 2.24) is 5.32 Å². The highest BCUT2D eigenvalue weighted by Crippen LogP contribution is 2.29. The third kappa shape index (κ3) is 4.22. The maximum atomic E-state index is 12.5. The van der Waals surface area contributed by atoms with Gasteiger partial charge in [-0.1, -0.05) is 6.92 Å². The number of amides is 1. The standard InChI is InChI=1S/C15H18N2O5S/c1-2-23-13-6-5-11(17(21)22)8-12(13)14(18)16-10-4-3-9(7-10)15(19)20/h5-6,8-10H,2-4,7H2,1H3,(H,16,18)(H,19,20)/t9-,10+/m1/s1. The molecule has 0 radical (unpaired) electrons. The minimum Gasteiger partial charge on any atom is -0.481 e. The molecule has 124 valence electrons. The average Bonchev–Trinajstić information content (AvgIpc) is 2.96. The highest BCUT2D eigenvalue weighted by atomic mass is 32.2. The van der Waals surface area contributed by atoms with Crippen molar-refractivity contribution in [1.29, 1.82) is 0 Å². The van der Waals surface area contributed by atoms with Gasteiger partial charge in [-0.05, 0) is 31.1 Å². The average molecular weight is 338 g/mol. The molecule has 8 heteroatoms. The number of carboxylic acid groups (broad SMARTS) is 1. The van der Waals surface area contributed by atoms with Crippen LogP contribution in [0.5, 0.6) is 0 Å². The van der Waals surface area contributed by atoms with Crippen LogP contribution >= 0.6 is 11.8 Å². The van der Waals surface area contributed by atoms with Gasteiger partial charge in [-0.25, -0.2) is 0 Å². The van der Waals surface area contributed by atoms with E-state index in [1.165, 1.54) is 23.9 Å². The zero-order valence-corrected chi connectivity index (χ0v) is 13.5. The van der Waals surface area contributed by atoms with E-state index in [4.69, 9.17) is 5.11 Å². The van der Waals surface area contributed by atoms with Crippen molar-refractivity contribution in [2.24, 2.45) is 5.92 Å². The minimum absolute atomic E-state index is 0.134. The summed E-state index contributed by atoms with van der Waals surface area (Å²) in [6.45, 7) is 1.93. The van der Waals surface area contributed by atoms with E-state index in [0.29, 0.717) is 24.2 Å². The zero-order valence-electron chi connectivity index (χ0n) is 12.7. The van der Waals surface area contributed by atoms with E-state index in [9.17, 15) is 19.7 Å². The van der Waals surface area contributed by atoms with Crippen LogP contribution in [0.3, 0.4) is 0 Å². The summed E-state index contributed by atoms with van der Waals surface area (Å²) in [5.41, 5.74) is 0.135. The van der Waals surface area contributed by atoms with Gasteiger partial charge in [0.2, 0.25) is 0 Å². The van der Waals surface area contributed by atoms with Crippen molar-refractivity contribution in [3.05, 3.63) is 33.9 Å². The fraction of sp³-hybridized carbons (Fsp3) is 0.467. The van der Waals surface area contributed by atoms with Gasteiger partial charge < -0.3 is 10.4 Å². The molecule has 2 N–H and O–H groups in total. The molecule has 2 atom stereocenters. The van der Waals surface area contributed by atoms with Crippen molar-refractivity contribution in [3.8, 4) is 0 Å². The Morgan fingerprint density at radius 3 is 2.74 bits per heavy atom. The normalized spacial score (nSPS) is 20.2. The lowest BCUT2D eigenvalue weighted by molar-refractivity contribution is -0.384. The van der Waals surface area contributed by atoms with Crippen LogP contribution in [0.15, 0.2) is 23.1 Å². The molecule has 0 heterocycles. The number of thioether (sulfide) groups is 1. The molecule has 0 bridgehead atoms. The van der Waals surface area contributed by atoms with Gasteiger partial charge in [0, 0.05) is 23.1 Å². The summed E-state index contributed by atoms with van der Waals surface area (Å²) in [5, 5.41) is 22.7. The van der Waals surface area contributed by atoms with E-state index < -0.39 is 16.8 Å². The molecule has 0 saturated heterocycles. The molecule has 1 fully saturated rings. The second-order valence-electron chi connectivity index (χ2n) is 5.39. The zero-order chi connectivity index (χ0) is 17.0. The minimum atomic E-state index is -0.848. The first-order valence-electron chi connectivity index (χ1n) is 7.37. The monoisotopic (exact) mass is 338 g/mol. The Labute approximate surface area is 137 Å². The van der Waals surface area contributed by atoms with Crippen LogP contribution in [-0.4, -0.2) is 33.7 Å². The van der Waals surface area contributed by atoms with Gasteiger partial charge >= 0.3 is 5.97 Å². The number of carboxylic acids is 1. The summed E-state index contributed by atoms with van der Waals surface area (Å²) >= 11 is 1.44. The third-order valence-corrected chi connectivity index (χ3v) is 4.79. The number of nitro groups is 1. The Morgan fingerprint density at radius 2 is 2.17 bits per heavy atom. The van der Waals surface area contributed by atoms with Crippen molar-refractivity contribution in [2.45, 2.75) is 37.1 Å². The smallest absolute Gasteiger partial charge is 0.306 e. The highest BCUT2D eigenvalue weighted by Gasteiger charge is 2.31.